The van der Waals surface area contributed by atoms with Crippen LogP contribution in [0.2, 0.25) is 0 Å². The second-order valence-electron chi connectivity index (χ2n) is 7.34. The Hall–Kier alpha value is -3.31. The van der Waals surface area contributed by atoms with Gasteiger partial charge in [-0.2, -0.15) is 5.10 Å². The van der Waals surface area contributed by atoms with Gasteiger partial charge in [0.25, 0.3) is 0 Å². The summed E-state index contributed by atoms with van der Waals surface area (Å²) in [5.41, 5.74) is 0.807. The van der Waals surface area contributed by atoms with Gasteiger partial charge < -0.3 is 19.7 Å². The lowest BCUT2D eigenvalue weighted by atomic mass is 9.99. The quantitative estimate of drug-likeness (QED) is 0.502. The maximum Gasteiger partial charge on any atom is 0.236 e. The van der Waals surface area contributed by atoms with E-state index in [1.54, 1.807) is 20.4 Å². The molecule has 168 valence electrons. The SMILES string of the molecule is COC[C@H](C(=O)Nc1nnc(N[C@@H]2CCN(c3cccnn3)C2)s1)c1cccc(OC)c1. The van der Waals surface area contributed by atoms with Crippen LogP contribution in [0.25, 0.3) is 0 Å². The Morgan fingerprint density at radius 2 is 2.09 bits per heavy atom. The standard InChI is InChI=1S/C21H25N7O3S/c1-30-13-17(14-5-3-6-16(11-14)31-2)19(29)24-21-27-26-20(32-21)23-15-8-10-28(12-15)18-7-4-9-22-25-18/h3-7,9,11,15,17H,8,10,12-13H2,1-2H3,(H,23,26)(H,24,27,29)/t15-,17+/m1/s1. The molecule has 0 spiro atoms. The number of carbonyl (C=O) groups excluding carboxylic acids is 1. The molecule has 1 aliphatic rings. The van der Waals surface area contributed by atoms with E-state index < -0.39 is 5.92 Å². The van der Waals surface area contributed by atoms with Crippen molar-refractivity contribution in [3.8, 4) is 5.75 Å². The van der Waals surface area contributed by atoms with Gasteiger partial charge in [0.1, 0.15) is 5.75 Å². The smallest absolute Gasteiger partial charge is 0.236 e. The predicted octanol–water partition coefficient (Wildman–Crippen LogP) is 2.40. The van der Waals surface area contributed by atoms with Crippen LogP contribution in [0.15, 0.2) is 42.6 Å². The minimum atomic E-state index is -0.495. The topological polar surface area (TPSA) is 114 Å². The van der Waals surface area contributed by atoms with Crippen molar-refractivity contribution < 1.29 is 14.3 Å². The molecule has 1 saturated heterocycles. The van der Waals surface area contributed by atoms with Crippen molar-refractivity contribution in [1.82, 2.24) is 20.4 Å². The third-order valence-corrected chi connectivity index (χ3v) is 5.97. The van der Waals surface area contributed by atoms with E-state index in [0.717, 1.165) is 30.9 Å². The zero-order valence-corrected chi connectivity index (χ0v) is 18.7. The minimum Gasteiger partial charge on any atom is -0.497 e. The first kappa shape index (κ1) is 21.9. The molecule has 3 heterocycles. The molecule has 4 rings (SSSR count). The van der Waals surface area contributed by atoms with E-state index in [1.165, 1.54) is 11.3 Å². The summed E-state index contributed by atoms with van der Waals surface area (Å²) in [5, 5.41) is 23.8. The van der Waals surface area contributed by atoms with Crippen LogP contribution in [0, 0.1) is 0 Å². The number of nitrogens with zero attached hydrogens (tertiary/aromatic N) is 5. The summed E-state index contributed by atoms with van der Waals surface area (Å²) in [6.07, 6.45) is 2.61. The van der Waals surface area contributed by atoms with Crippen LogP contribution in [-0.4, -0.2) is 66.3 Å². The number of ether oxygens (including phenoxy) is 2. The van der Waals surface area contributed by atoms with Gasteiger partial charge in [-0.15, -0.1) is 15.3 Å². The van der Waals surface area contributed by atoms with Gasteiger partial charge in [0.15, 0.2) is 5.82 Å². The first-order valence-electron chi connectivity index (χ1n) is 10.2. The third-order valence-electron chi connectivity index (χ3n) is 5.20. The zero-order chi connectivity index (χ0) is 22.3. The summed E-state index contributed by atoms with van der Waals surface area (Å²) in [7, 11) is 3.16. The number of hydrogen-bond donors (Lipinski definition) is 2. The van der Waals surface area contributed by atoms with Gasteiger partial charge in [-0.3, -0.25) is 10.1 Å². The maximum absolute atomic E-state index is 12.9. The Bertz CT molecular complexity index is 1030. The second-order valence-corrected chi connectivity index (χ2v) is 8.32. The zero-order valence-electron chi connectivity index (χ0n) is 17.9. The molecule has 1 amide bonds. The number of hydrogen-bond acceptors (Lipinski definition) is 10. The average molecular weight is 456 g/mol. The Labute approximate surface area is 190 Å². The fraction of sp³-hybridized carbons (Fsp3) is 0.381. The molecule has 0 unspecified atom stereocenters. The molecule has 0 aliphatic carbocycles. The number of anilines is 3. The van der Waals surface area contributed by atoms with Crippen molar-refractivity contribution in [2.75, 3.05) is 49.4 Å². The number of amides is 1. The lowest BCUT2D eigenvalue weighted by Crippen LogP contribution is -2.26. The van der Waals surface area contributed by atoms with Crippen molar-refractivity contribution in [3.63, 3.8) is 0 Å². The van der Waals surface area contributed by atoms with E-state index in [1.807, 2.05) is 36.4 Å². The summed E-state index contributed by atoms with van der Waals surface area (Å²) in [6.45, 7) is 1.92. The minimum absolute atomic E-state index is 0.211. The van der Waals surface area contributed by atoms with E-state index in [4.69, 9.17) is 9.47 Å². The molecule has 0 saturated carbocycles. The Morgan fingerprint density at radius 3 is 2.88 bits per heavy atom. The van der Waals surface area contributed by atoms with Crippen LogP contribution < -0.4 is 20.3 Å². The van der Waals surface area contributed by atoms with Crippen LogP contribution in [-0.2, 0) is 9.53 Å². The van der Waals surface area contributed by atoms with Crippen LogP contribution in [0.4, 0.5) is 16.1 Å². The van der Waals surface area contributed by atoms with E-state index >= 15 is 0 Å². The molecule has 2 aromatic heterocycles. The number of nitrogens with one attached hydrogen (secondary N) is 2. The molecule has 3 aromatic rings. The van der Waals surface area contributed by atoms with Gasteiger partial charge in [-0.1, -0.05) is 23.5 Å². The molecule has 2 N–H and O–H groups in total. The lowest BCUT2D eigenvalue weighted by molar-refractivity contribution is -0.118. The number of aromatic nitrogens is 4. The highest BCUT2D eigenvalue weighted by atomic mass is 32.1. The molecular formula is C21H25N7O3S. The maximum atomic E-state index is 12.9. The Balaban J connectivity index is 1.36. The molecule has 11 heteroatoms. The normalized spacial score (nSPS) is 16.6. The predicted molar refractivity (Wildman–Crippen MR) is 122 cm³/mol. The fourth-order valence-corrected chi connectivity index (χ4v) is 4.32. The molecule has 32 heavy (non-hydrogen) atoms. The summed E-state index contributed by atoms with van der Waals surface area (Å²) in [5.74, 6) is 0.845. The van der Waals surface area contributed by atoms with E-state index in [9.17, 15) is 4.79 Å². The van der Waals surface area contributed by atoms with E-state index in [2.05, 4.69) is 35.9 Å². The van der Waals surface area contributed by atoms with Gasteiger partial charge >= 0.3 is 0 Å². The number of carbonyl (C=O) groups is 1. The van der Waals surface area contributed by atoms with E-state index in [0.29, 0.717) is 16.0 Å². The molecule has 0 radical (unpaired) electrons. The number of rotatable bonds is 9. The van der Waals surface area contributed by atoms with E-state index in [-0.39, 0.29) is 18.6 Å². The summed E-state index contributed by atoms with van der Waals surface area (Å²) >= 11 is 1.31. The van der Waals surface area contributed by atoms with Crippen molar-refractivity contribution in [2.45, 2.75) is 18.4 Å². The van der Waals surface area contributed by atoms with Crippen molar-refractivity contribution >= 4 is 33.3 Å². The number of benzene rings is 1. The van der Waals surface area contributed by atoms with Gasteiger partial charge in [-0.25, -0.2) is 0 Å². The molecule has 2 atom stereocenters. The third kappa shape index (κ3) is 5.29. The molecule has 1 fully saturated rings. The molecule has 1 aliphatic heterocycles. The summed E-state index contributed by atoms with van der Waals surface area (Å²) < 4.78 is 10.5. The van der Waals surface area contributed by atoms with Crippen LogP contribution in [0.3, 0.4) is 0 Å². The molecule has 10 nitrogen and oxygen atoms in total. The van der Waals surface area contributed by atoms with Gasteiger partial charge in [0.05, 0.1) is 19.6 Å². The Morgan fingerprint density at radius 1 is 1.22 bits per heavy atom. The summed E-state index contributed by atoms with van der Waals surface area (Å²) in [6, 6.07) is 11.4. The largest absolute Gasteiger partial charge is 0.497 e. The molecule has 1 aromatic carbocycles. The monoisotopic (exact) mass is 455 g/mol. The molecular weight excluding hydrogens is 430 g/mol. The lowest BCUT2D eigenvalue weighted by Gasteiger charge is -2.16. The van der Waals surface area contributed by atoms with Gasteiger partial charge in [0, 0.05) is 32.4 Å². The van der Waals surface area contributed by atoms with Crippen molar-refractivity contribution in [2.24, 2.45) is 0 Å². The molecule has 0 bridgehead atoms. The van der Waals surface area contributed by atoms with Crippen LogP contribution in [0.1, 0.15) is 17.9 Å². The summed E-state index contributed by atoms with van der Waals surface area (Å²) in [4.78, 5) is 15.1. The fourth-order valence-electron chi connectivity index (χ4n) is 3.60. The Kier molecular flexibility index (Phi) is 7.07. The highest BCUT2D eigenvalue weighted by Gasteiger charge is 2.26. The van der Waals surface area contributed by atoms with Gasteiger partial charge in [0.2, 0.25) is 16.2 Å². The second kappa shape index (κ2) is 10.3. The average Bonchev–Trinajstić information content (AvgIpc) is 3.48. The van der Waals surface area contributed by atoms with Crippen LogP contribution in [0.5, 0.6) is 5.75 Å². The van der Waals surface area contributed by atoms with Gasteiger partial charge in [-0.05, 0) is 36.2 Å². The highest BCUT2D eigenvalue weighted by Crippen LogP contribution is 2.27. The first-order chi connectivity index (χ1) is 15.7. The van der Waals surface area contributed by atoms with Crippen molar-refractivity contribution in [1.29, 1.82) is 0 Å². The highest BCUT2D eigenvalue weighted by molar-refractivity contribution is 7.19. The number of methoxy groups -OCH3 is 2. The van der Waals surface area contributed by atoms with Crippen LogP contribution >= 0.6 is 11.3 Å². The van der Waals surface area contributed by atoms with Crippen molar-refractivity contribution in [3.05, 3.63) is 48.2 Å². The first-order valence-corrected chi connectivity index (χ1v) is 11.0.